The Balaban J connectivity index is 2.20. The standard InChI is InChI=1S/C16H16N4/c1-11-13(7-4-8-19-11)16(20-17)15-10-18-9-12-5-2-3-6-14(12)15/h2-10,16,20H,17H2,1H3. The highest BCUT2D eigenvalue weighted by atomic mass is 15.2. The van der Waals surface area contributed by atoms with Crippen LogP contribution in [0.4, 0.5) is 0 Å². The molecule has 0 spiro atoms. The van der Waals surface area contributed by atoms with Crippen LogP contribution in [-0.4, -0.2) is 9.97 Å². The first-order valence-corrected chi connectivity index (χ1v) is 6.51. The van der Waals surface area contributed by atoms with Gasteiger partial charge in [-0.1, -0.05) is 30.3 Å². The summed E-state index contributed by atoms with van der Waals surface area (Å²) in [6.45, 7) is 1.98. The maximum atomic E-state index is 5.79. The Kier molecular flexibility index (Phi) is 3.41. The molecule has 3 rings (SSSR count). The lowest BCUT2D eigenvalue weighted by Crippen LogP contribution is -2.29. The molecule has 2 aromatic heterocycles. The monoisotopic (exact) mass is 264 g/mol. The van der Waals surface area contributed by atoms with Gasteiger partial charge in [0, 0.05) is 35.2 Å². The van der Waals surface area contributed by atoms with Gasteiger partial charge in [0.15, 0.2) is 0 Å². The van der Waals surface area contributed by atoms with Crippen LogP contribution in [0.5, 0.6) is 0 Å². The van der Waals surface area contributed by atoms with Gasteiger partial charge in [-0.3, -0.25) is 15.8 Å². The molecule has 0 saturated carbocycles. The van der Waals surface area contributed by atoms with E-state index in [1.807, 2.05) is 43.6 Å². The van der Waals surface area contributed by atoms with Crippen LogP contribution >= 0.6 is 0 Å². The lowest BCUT2D eigenvalue weighted by atomic mass is 9.95. The average molecular weight is 264 g/mol. The van der Waals surface area contributed by atoms with Crippen molar-refractivity contribution < 1.29 is 0 Å². The molecule has 4 nitrogen and oxygen atoms in total. The van der Waals surface area contributed by atoms with Crippen molar-refractivity contribution in [2.45, 2.75) is 13.0 Å². The minimum Gasteiger partial charge on any atom is -0.271 e. The molecule has 4 heteroatoms. The summed E-state index contributed by atoms with van der Waals surface area (Å²) in [5, 5.41) is 2.25. The van der Waals surface area contributed by atoms with E-state index in [4.69, 9.17) is 5.84 Å². The molecular weight excluding hydrogens is 248 g/mol. The van der Waals surface area contributed by atoms with E-state index in [9.17, 15) is 0 Å². The second kappa shape index (κ2) is 5.36. The number of nitrogens with one attached hydrogen (secondary N) is 1. The van der Waals surface area contributed by atoms with Gasteiger partial charge in [-0.05, 0) is 23.9 Å². The van der Waals surface area contributed by atoms with Crippen LogP contribution in [0.1, 0.15) is 22.9 Å². The zero-order chi connectivity index (χ0) is 13.9. The van der Waals surface area contributed by atoms with Gasteiger partial charge < -0.3 is 0 Å². The third kappa shape index (κ3) is 2.15. The smallest absolute Gasteiger partial charge is 0.0748 e. The molecule has 0 radical (unpaired) electrons. The van der Waals surface area contributed by atoms with E-state index in [-0.39, 0.29) is 6.04 Å². The van der Waals surface area contributed by atoms with E-state index in [0.717, 1.165) is 27.6 Å². The van der Waals surface area contributed by atoms with E-state index >= 15 is 0 Å². The number of pyridine rings is 2. The molecular formula is C16H16N4. The Morgan fingerprint density at radius 1 is 1.05 bits per heavy atom. The number of fused-ring (bicyclic) bond motifs is 1. The number of rotatable bonds is 3. The van der Waals surface area contributed by atoms with Crippen molar-refractivity contribution in [3.05, 3.63) is 71.8 Å². The highest BCUT2D eigenvalue weighted by molar-refractivity contribution is 5.85. The summed E-state index contributed by atoms with van der Waals surface area (Å²) in [6, 6.07) is 12.0. The third-order valence-electron chi connectivity index (χ3n) is 3.54. The molecule has 20 heavy (non-hydrogen) atoms. The van der Waals surface area contributed by atoms with E-state index in [2.05, 4.69) is 27.5 Å². The minimum absolute atomic E-state index is 0.123. The summed E-state index contributed by atoms with van der Waals surface area (Å²) in [6.07, 6.45) is 5.51. The molecule has 0 aliphatic carbocycles. The summed E-state index contributed by atoms with van der Waals surface area (Å²) in [7, 11) is 0. The van der Waals surface area contributed by atoms with Gasteiger partial charge in [-0.15, -0.1) is 0 Å². The first kappa shape index (κ1) is 12.7. The molecule has 3 N–H and O–H groups in total. The SMILES string of the molecule is Cc1ncccc1C(NN)c1cncc2ccccc12. The molecule has 3 aromatic rings. The number of hydrogen-bond acceptors (Lipinski definition) is 4. The van der Waals surface area contributed by atoms with Crippen molar-refractivity contribution in [3.63, 3.8) is 0 Å². The first-order chi connectivity index (χ1) is 9.81. The fraction of sp³-hybridized carbons (Fsp3) is 0.125. The highest BCUT2D eigenvalue weighted by Gasteiger charge is 2.17. The minimum atomic E-state index is -0.123. The molecule has 0 fully saturated rings. The maximum Gasteiger partial charge on any atom is 0.0748 e. The molecule has 100 valence electrons. The zero-order valence-electron chi connectivity index (χ0n) is 11.2. The quantitative estimate of drug-likeness (QED) is 0.563. The van der Waals surface area contributed by atoms with Crippen molar-refractivity contribution in [1.29, 1.82) is 0 Å². The van der Waals surface area contributed by atoms with Gasteiger partial charge >= 0.3 is 0 Å². The largest absolute Gasteiger partial charge is 0.271 e. The fourth-order valence-electron chi connectivity index (χ4n) is 2.52. The van der Waals surface area contributed by atoms with Gasteiger partial charge in [-0.25, -0.2) is 5.43 Å². The van der Waals surface area contributed by atoms with Crippen molar-refractivity contribution in [2.75, 3.05) is 0 Å². The molecule has 0 aliphatic heterocycles. The number of aromatic nitrogens is 2. The summed E-state index contributed by atoms with van der Waals surface area (Å²) >= 11 is 0. The normalized spacial score (nSPS) is 12.5. The summed E-state index contributed by atoms with van der Waals surface area (Å²) < 4.78 is 0. The van der Waals surface area contributed by atoms with Crippen molar-refractivity contribution in [1.82, 2.24) is 15.4 Å². The van der Waals surface area contributed by atoms with Crippen LogP contribution in [-0.2, 0) is 0 Å². The van der Waals surface area contributed by atoms with E-state index in [1.54, 1.807) is 6.20 Å². The zero-order valence-corrected chi connectivity index (χ0v) is 11.2. The average Bonchev–Trinajstić information content (AvgIpc) is 2.50. The van der Waals surface area contributed by atoms with Gasteiger partial charge in [0.1, 0.15) is 0 Å². The van der Waals surface area contributed by atoms with Crippen molar-refractivity contribution in [2.24, 2.45) is 5.84 Å². The number of nitrogens with zero attached hydrogens (tertiary/aromatic N) is 2. The van der Waals surface area contributed by atoms with Crippen LogP contribution in [0.25, 0.3) is 10.8 Å². The number of benzene rings is 1. The Hall–Kier alpha value is -2.30. The second-order valence-electron chi connectivity index (χ2n) is 4.73. The van der Waals surface area contributed by atoms with Gasteiger partial charge in [0.25, 0.3) is 0 Å². The summed E-state index contributed by atoms with van der Waals surface area (Å²) in [5.41, 5.74) is 5.97. The maximum absolute atomic E-state index is 5.79. The predicted octanol–water partition coefficient (Wildman–Crippen LogP) is 2.49. The molecule has 0 bridgehead atoms. The molecule has 0 amide bonds. The van der Waals surface area contributed by atoms with E-state index in [1.165, 1.54) is 0 Å². The molecule has 1 aromatic carbocycles. The number of hydrazine groups is 1. The van der Waals surface area contributed by atoms with Gasteiger partial charge in [0.05, 0.1) is 6.04 Å². The second-order valence-corrected chi connectivity index (χ2v) is 4.73. The Morgan fingerprint density at radius 3 is 2.70 bits per heavy atom. The van der Waals surface area contributed by atoms with Crippen LogP contribution in [0, 0.1) is 6.92 Å². The predicted molar refractivity (Wildman–Crippen MR) is 79.9 cm³/mol. The van der Waals surface area contributed by atoms with Crippen molar-refractivity contribution in [3.8, 4) is 0 Å². The van der Waals surface area contributed by atoms with Gasteiger partial charge in [-0.2, -0.15) is 0 Å². The van der Waals surface area contributed by atoms with Gasteiger partial charge in [0.2, 0.25) is 0 Å². The van der Waals surface area contributed by atoms with Crippen LogP contribution in [0.3, 0.4) is 0 Å². The van der Waals surface area contributed by atoms with E-state index in [0.29, 0.717) is 0 Å². The molecule has 1 atom stereocenters. The molecule has 2 heterocycles. The Morgan fingerprint density at radius 2 is 1.90 bits per heavy atom. The fourth-order valence-corrected chi connectivity index (χ4v) is 2.52. The van der Waals surface area contributed by atoms with E-state index < -0.39 is 0 Å². The lowest BCUT2D eigenvalue weighted by molar-refractivity contribution is 0.632. The van der Waals surface area contributed by atoms with Crippen LogP contribution in [0.15, 0.2) is 55.0 Å². The number of nitrogens with two attached hydrogens (primary N) is 1. The van der Waals surface area contributed by atoms with Crippen LogP contribution < -0.4 is 11.3 Å². The lowest BCUT2D eigenvalue weighted by Gasteiger charge is -2.19. The highest BCUT2D eigenvalue weighted by Crippen LogP contribution is 2.28. The molecule has 0 aliphatic rings. The topological polar surface area (TPSA) is 63.8 Å². The number of hydrogen-bond donors (Lipinski definition) is 2. The van der Waals surface area contributed by atoms with Crippen LogP contribution in [0.2, 0.25) is 0 Å². The summed E-state index contributed by atoms with van der Waals surface area (Å²) in [5.74, 6) is 5.79. The Bertz CT molecular complexity index is 734. The Labute approximate surface area is 117 Å². The molecule has 0 saturated heterocycles. The molecule has 1 unspecified atom stereocenters. The number of aryl methyl sites for hydroxylation is 1. The summed E-state index contributed by atoms with van der Waals surface area (Å²) in [4.78, 5) is 8.66. The third-order valence-corrected chi connectivity index (χ3v) is 3.54. The first-order valence-electron chi connectivity index (χ1n) is 6.51. The van der Waals surface area contributed by atoms with Crippen molar-refractivity contribution >= 4 is 10.8 Å².